The van der Waals surface area contributed by atoms with Gasteiger partial charge in [-0.2, -0.15) is 5.26 Å². The van der Waals surface area contributed by atoms with Crippen molar-refractivity contribution in [2.75, 3.05) is 0 Å². The fourth-order valence-corrected chi connectivity index (χ4v) is 4.37. The van der Waals surface area contributed by atoms with Crippen molar-refractivity contribution in [2.45, 2.75) is 19.4 Å². The van der Waals surface area contributed by atoms with Gasteiger partial charge in [0.05, 0.1) is 29.3 Å². The second-order valence-corrected chi connectivity index (χ2v) is 8.35. The van der Waals surface area contributed by atoms with E-state index < -0.39 is 0 Å². The maximum atomic E-state index is 13.7. The molecule has 3 aromatic carbocycles. The van der Waals surface area contributed by atoms with Gasteiger partial charge in [0.2, 0.25) is 5.78 Å². The van der Waals surface area contributed by atoms with Crippen LogP contribution in [0.3, 0.4) is 0 Å². The van der Waals surface area contributed by atoms with Gasteiger partial charge in [-0.25, -0.2) is 9.38 Å². The van der Waals surface area contributed by atoms with Crippen molar-refractivity contribution < 1.29 is 4.79 Å². The summed E-state index contributed by atoms with van der Waals surface area (Å²) in [6, 6.07) is 25.7. The quantitative estimate of drug-likeness (QED) is 0.318. The van der Waals surface area contributed by atoms with Gasteiger partial charge in [0.25, 0.3) is 5.56 Å². The molecular weight excluding hydrogens is 448 g/mol. The Kier molecular flexibility index (Phi) is 5.70. The fraction of sp³-hybridized carbons (Fsp3) is 0.111. The van der Waals surface area contributed by atoms with E-state index in [0.717, 1.165) is 5.56 Å². The molecule has 0 spiro atoms. The van der Waals surface area contributed by atoms with Gasteiger partial charge in [-0.05, 0) is 48.4 Å². The number of aromatic nitrogens is 3. The molecule has 0 saturated carbocycles. The summed E-state index contributed by atoms with van der Waals surface area (Å²) in [4.78, 5) is 31.8. The third-order valence-corrected chi connectivity index (χ3v) is 6.06. The number of halogens is 1. The molecule has 0 unspecified atom stereocenters. The van der Waals surface area contributed by atoms with E-state index in [9.17, 15) is 14.9 Å². The maximum Gasteiger partial charge on any atom is 0.263 e. The number of ketones is 1. The fourth-order valence-electron chi connectivity index (χ4n) is 4.25. The molecule has 0 aliphatic rings. The van der Waals surface area contributed by atoms with Crippen molar-refractivity contribution in [1.82, 2.24) is 14.0 Å². The molecule has 0 radical (unpaired) electrons. The summed E-state index contributed by atoms with van der Waals surface area (Å²) < 4.78 is 3.34. The number of benzene rings is 3. The van der Waals surface area contributed by atoms with Crippen molar-refractivity contribution in [3.63, 3.8) is 0 Å². The predicted octanol–water partition coefficient (Wildman–Crippen LogP) is 5.31. The first-order valence-electron chi connectivity index (χ1n) is 10.8. The van der Waals surface area contributed by atoms with Crippen LogP contribution in [0.5, 0.6) is 0 Å². The van der Waals surface area contributed by atoms with Crippen LogP contribution in [0.4, 0.5) is 0 Å². The number of para-hydroxylation sites is 2. The molecule has 0 amide bonds. The van der Waals surface area contributed by atoms with Gasteiger partial charge < -0.3 is 4.57 Å². The average Bonchev–Trinajstić information content (AvgIpc) is 3.25. The zero-order valence-corrected chi connectivity index (χ0v) is 18.9. The number of rotatable bonds is 6. The molecule has 0 bridgehead atoms. The average molecular weight is 467 g/mol. The molecule has 5 aromatic rings. The Morgan fingerprint density at radius 1 is 0.971 bits per heavy atom. The van der Waals surface area contributed by atoms with Crippen LogP contribution in [-0.2, 0) is 13.0 Å². The van der Waals surface area contributed by atoms with Crippen molar-refractivity contribution in [1.29, 1.82) is 5.26 Å². The minimum atomic E-state index is -0.229. The zero-order valence-electron chi connectivity index (χ0n) is 18.1. The summed E-state index contributed by atoms with van der Waals surface area (Å²) in [5, 5.41) is 9.81. The highest BCUT2D eigenvalue weighted by atomic mass is 35.5. The number of hydrogen-bond acceptors (Lipinski definition) is 4. The number of carbonyl (C=O) groups excluding carboxylic acids is 1. The Hall–Kier alpha value is -4.21. The molecule has 0 aliphatic heterocycles. The van der Waals surface area contributed by atoms with Gasteiger partial charge in [0.15, 0.2) is 5.78 Å². The molecule has 2 heterocycles. The molecule has 0 aliphatic carbocycles. The summed E-state index contributed by atoms with van der Waals surface area (Å²) in [7, 11) is 0. The molecule has 34 heavy (non-hydrogen) atoms. The molecule has 6 nitrogen and oxygen atoms in total. The molecule has 0 N–H and O–H groups in total. The van der Waals surface area contributed by atoms with Crippen molar-refractivity contribution in [3.05, 3.63) is 105 Å². The Morgan fingerprint density at radius 3 is 2.41 bits per heavy atom. The van der Waals surface area contributed by atoms with Crippen molar-refractivity contribution in [3.8, 4) is 17.3 Å². The van der Waals surface area contributed by atoms with Crippen LogP contribution in [-0.4, -0.2) is 19.7 Å². The first-order chi connectivity index (χ1) is 16.6. The Bertz CT molecular complexity index is 1630. The van der Waals surface area contributed by atoms with E-state index in [4.69, 9.17) is 16.6 Å². The molecule has 5 rings (SSSR count). The van der Waals surface area contributed by atoms with Crippen molar-refractivity contribution in [2.24, 2.45) is 0 Å². The van der Waals surface area contributed by atoms with E-state index >= 15 is 0 Å². The summed E-state index contributed by atoms with van der Waals surface area (Å²) in [6.07, 6.45) is 0.440. The van der Waals surface area contributed by atoms with E-state index in [-0.39, 0.29) is 30.7 Å². The smallest absolute Gasteiger partial charge is 0.263 e. The summed E-state index contributed by atoms with van der Waals surface area (Å²) in [5.41, 5.74) is 3.46. The molecule has 0 fully saturated rings. The number of imidazole rings is 1. The monoisotopic (exact) mass is 466 g/mol. The van der Waals surface area contributed by atoms with E-state index in [1.54, 1.807) is 33.2 Å². The number of fused-ring (bicyclic) bond motifs is 3. The largest absolute Gasteiger partial charge is 0.303 e. The van der Waals surface area contributed by atoms with Crippen LogP contribution in [0.2, 0.25) is 5.02 Å². The minimum Gasteiger partial charge on any atom is -0.303 e. The molecule has 7 heteroatoms. The first-order valence-corrected chi connectivity index (χ1v) is 11.2. The number of nitrogens with zero attached hydrogens (tertiary/aromatic N) is 4. The summed E-state index contributed by atoms with van der Waals surface area (Å²) in [5.74, 6) is 0.241. The van der Waals surface area contributed by atoms with Gasteiger partial charge in [-0.1, -0.05) is 54.1 Å². The Morgan fingerprint density at radius 2 is 1.68 bits per heavy atom. The van der Waals surface area contributed by atoms with Crippen molar-refractivity contribution >= 4 is 34.2 Å². The standard InChI is InChI=1S/C27H19ClN4O2/c28-20-14-12-18(13-15-20)24(33)17-31-25(19-7-2-1-3-8-19)21(9-6-16-29)26(34)32-23-11-5-4-10-22(23)30-27(31)32/h1-5,7-8,10-15H,6,9,17H2. The third-order valence-electron chi connectivity index (χ3n) is 5.80. The second kappa shape index (κ2) is 8.97. The van der Waals surface area contributed by atoms with Crippen LogP contribution in [0, 0.1) is 11.3 Å². The highest BCUT2D eigenvalue weighted by Gasteiger charge is 2.23. The Labute approximate surface area is 200 Å². The molecule has 0 saturated heterocycles. The van der Waals surface area contributed by atoms with Gasteiger partial charge in [-0.3, -0.25) is 9.59 Å². The number of hydrogen-bond donors (Lipinski definition) is 0. The normalized spacial score (nSPS) is 11.1. The SMILES string of the molecule is N#CCCc1c(-c2ccccc2)n(CC(=O)c2ccc(Cl)cc2)c2nc3ccccc3n2c1=O. The lowest BCUT2D eigenvalue weighted by Gasteiger charge is -2.19. The highest BCUT2D eigenvalue weighted by molar-refractivity contribution is 6.30. The molecule has 2 aromatic heterocycles. The second-order valence-electron chi connectivity index (χ2n) is 7.91. The van der Waals surface area contributed by atoms with Gasteiger partial charge in [-0.15, -0.1) is 0 Å². The highest BCUT2D eigenvalue weighted by Crippen LogP contribution is 2.27. The van der Waals surface area contributed by atoms with Gasteiger partial charge >= 0.3 is 0 Å². The topological polar surface area (TPSA) is 80.2 Å². The number of Topliss-reactive ketones (excluding diaryl/α,β-unsaturated/α-hetero) is 1. The van der Waals surface area contributed by atoms with E-state index in [1.807, 2.05) is 54.6 Å². The van der Waals surface area contributed by atoms with Gasteiger partial charge in [0, 0.05) is 22.6 Å². The molecular formula is C27H19ClN4O2. The first kappa shape index (κ1) is 21.6. The third kappa shape index (κ3) is 3.76. The zero-order chi connectivity index (χ0) is 23.7. The van der Waals surface area contributed by atoms with Gasteiger partial charge in [0.1, 0.15) is 0 Å². The lowest BCUT2D eigenvalue weighted by atomic mass is 10.0. The van der Waals surface area contributed by atoms with Crippen LogP contribution >= 0.6 is 11.6 Å². The lowest BCUT2D eigenvalue weighted by Crippen LogP contribution is -2.27. The van der Waals surface area contributed by atoms with E-state index in [0.29, 0.717) is 38.7 Å². The molecule has 166 valence electrons. The van der Waals surface area contributed by atoms with Crippen LogP contribution in [0.1, 0.15) is 22.3 Å². The van der Waals surface area contributed by atoms with Crippen LogP contribution in [0.15, 0.2) is 83.7 Å². The maximum absolute atomic E-state index is 13.7. The van der Waals surface area contributed by atoms with Crippen LogP contribution in [0.25, 0.3) is 28.1 Å². The Balaban J connectivity index is 1.84. The summed E-state index contributed by atoms with van der Waals surface area (Å²) >= 11 is 6.00. The minimum absolute atomic E-state index is 0.0293. The van der Waals surface area contributed by atoms with E-state index in [2.05, 4.69) is 6.07 Å². The van der Waals surface area contributed by atoms with Crippen LogP contribution < -0.4 is 5.56 Å². The predicted molar refractivity (Wildman–Crippen MR) is 132 cm³/mol. The molecule has 0 atom stereocenters. The lowest BCUT2D eigenvalue weighted by molar-refractivity contribution is 0.0973. The summed E-state index contributed by atoms with van der Waals surface area (Å²) in [6.45, 7) is -0.0293. The number of nitriles is 1. The van der Waals surface area contributed by atoms with E-state index in [1.165, 1.54) is 0 Å². The number of carbonyl (C=O) groups is 1.